The number of carbonyl (C=O) groups excluding carboxylic acids is 2. The van der Waals surface area contributed by atoms with Crippen molar-refractivity contribution in [3.8, 4) is 5.88 Å². The molecule has 3 aromatic rings. The fourth-order valence-corrected chi connectivity index (χ4v) is 4.91. The molecule has 0 spiro atoms. The van der Waals surface area contributed by atoms with Crippen molar-refractivity contribution in [2.75, 3.05) is 19.6 Å². The molecule has 196 valence electrons. The first-order valence-corrected chi connectivity index (χ1v) is 12.3. The van der Waals surface area contributed by atoms with Crippen molar-refractivity contribution in [3.05, 3.63) is 59.7 Å². The lowest BCUT2D eigenvalue weighted by Gasteiger charge is -2.46. The minimum atomic E-state index is -4.54. The summed E-state index contributed by atoms with van der Waals surface area (Å²) in [5, 5.41) is 10.2. The maximum Gasteiger partial charge on any atom is 0.416 e. The molecule has 1 aliphatic heterocycles. The third kappa shape index (κ3) is 5.87. The molecule has 0 atom stereocenters. The molecule has 0 radical (unpaired) electrons. The van der Waals surface area contributed by atoms with Crippen LogP contribution in [0, 0.1) is 0 Å². The van der Waals surface area contributed by atoms with Crippen molar-refractivity contribution >= 4 is 22.8 Å². The number of alkyl halides is 3. The van der Waals surface area contributed by atoms with E-state index in [1.165, 1.54) is 6.07 Å². The SMILES string of the molecule is O=C(CNC(=O)c1cccc(C(F)(F)F)c1)NC1CN([C@H]2CC[C@@H](Oc3noc4ccccc34)CC2)C1. The topological polar surface area (TPSA) is 96.7 Å². The summed E-state index contributed by atoms with van der Waals surface area (Å²) in [7, 11) is 0. The van der Waals surface area contributed by atoms with Crippen LogP contribution in [0.4, 0.5) is 13.2 Å². The quantitative estimate of drug-likeness (QED) is 0.497. The van der Waals surface area contributed by atoms with Crippen LogP contribution in [0.1, 0.15) is 41.6 Å². The van der Waals surface area contributed by atoms with Gasteiger partial charge >= 0.3 is 6.18 Å². The molecule has 1 aliphatic carbocycles. The lowest BCUT2D eigenvalue weighted by Crippen LogP contribution is -2.63. The number of nitrogens with zero attached hydrogens (tertiary/aromatic N) is 2. The monoisotopic (exact) mass is 516 g/mol. The Bertz CT molecular complexity index is 1260. The fraction of sp³-hybridized carbons (Fsp3) is 0.423. The predicted molar refractivity (Wildman–Crippen MR) is 128 cm³/mol. The number of para-hydroxylation sites is 1. The van der Waals surface area contributed by atoms with Crippen LogP contribution in [0.25, 0.3) is 11.0 Å². The van der Waals surface area contributed by atoms with E-state index in [2.05, 4.69) is 20.7 Å². The third-order valence-corrected chi connectivity index (χ3v) is 6.92. The molecule has 2 heterocycles. The van der Waals surface area contributed by atoms with Crippen molar-refractivity contribution in [2.45, 2.75) is 50.0 Å². The summed E-state index contributed by atoms with van der Waals surface area (Å²) >= 11 is 0. The molecule has 0 bridgehead atoms. The van der Waals surface area contributed by atoms with Crippen molar-refractivity contribution in [2.24, 2.45) is 0 Å². The van der Waals surface area contributed by atoms with Gasteiger partial charge in [-0.3, -0.25) is 14.5 Å². The second-order valence-electron chi connectivity index (χ2n) is 9.51. The van der Waals surface area contributed by atoms with E-state index >= 15 is 0 Å². The smallest absolute Gasteiger partial charge is 0.416 e. The van der Waals surface area contributed by atoms with Crippen LogP contribution in [0.5, 0.6) is 5.88 Å². The lowest BCUT2D eigenvalue weighted by molar-refractivity contribution is -0.137. The number of halogens is 3. The number of likely N-dealkylation sites (tertiary alicyclic amines) is 1. The molecule has 1 saturated carbocycles. The van der Waals surface area contributed by atoms with Crippen LogP contribution in [0.2, 0.25) is 0 Å². The van der Waals surface area contributed by atoms with Gasteiger partial charge in [0, 0.05) is 24.7 Å². The van der Waals surface area contributed by atoms with Gasteiger partial charge in [-0.1, -0.05) is 18.2 Å². The zero-order valence-corrected chi connectivity index (χ0v) is 20.0. The Hall–Kier alpha value is -3.60. The van der Waals surface area contributed by atoms with Gasteiger partial charge in [-0.2, -0.15) is 13.2 Å². The molecule has 37 heavy (non-hydrogen) atoms. The molecule has 2 aromatic carbocycles. The second-order valence-corrected chi connectivity index (χ2v) is 9.51. The van der Waals surface area contributed by atoms with Gasteiger partial charge in [-0.15, -0.1) is 0 Å². The molecule has 1 aromatic heterocycles. The Morgan fingerprint density at radius 2 is 1.81 bits per heavy atom. The van der Waals surface area contributed by atoms with Gasteiger partial charge < -0.3 is 19.9 Å². The molecular formula is C26H27F3N4O4. The van der Waals surface area contributed by atoms with Crippen LogP contribution < -0.4 is 15.4 Å². The van der Waals surface area contributed by atoms with Crippen LogP contribution >= 0.6 is 0 Å². The summed E-state index contributed by atoms with van der Waals surface area (Å²) in [6.45, 7) is 1.14. The number of fused-ring (bicyclic) bond motifs is 1. The predicted octanol–water partition coefficient (Wildman–Crippen LogP) is 3.77. The molecule has 5 rings (SSSR count). The minimum absolute atomic E-state index is 0.0200. The number of carbonyl (C=O) groups is 2. The Labute approximate surface area is 211 Å². The number of ether oxygens (including phenoxy) is 1. The molecule has 1 saturated heterocycles. The summed E-state index contributed by atoms with van der Waals surface area (Å²) in [5.74, 6) is -0.568. The summed E-state index contributed by atoms with van der Waals surface area (Å²) in [4.78, 5) is 26.7. The molecular weight excluding hydrogens is 489 g/mol. The van der Waals surface area contributed by atoms with E-state index in [0.717, 1.165) is 62.4 Å². The van der Waals surface area contributed by atoms with Crippen molar-refractivity contribution in [1.29, 1.82) is 0 Å². The first-order chi connectivity index (χ1) is 17.8. The number of hydrogen-bond acceptors (Lipinski definition) is 6. The number of hydrogen-bond donors (Lipinski definition) is 2. The molecule has 2 aliphatic rings. The maximum absolute atomic E-state index is 12.8. The standard InChI is InChI=1S/C26H27F3N4O4/c27-26(28,29)17-5-3-4-16(12-17)24(35)30-13-23(34)31-18-14-33(15-18)19-8-10-20(11-9-19)36-25-21-6-1-2-7-22(21)37-32-25/h1-7,12,18-20H,8-11,13-15H2,(H,30,35)(H,31,34)/t19-,20+. The van der Waals surface area contributed by atoms with Crippen molar-refractivity contribution < 1.29 is 32.0 Å². The number of rotatable bonds is 7. The highest BCUT2D eigenvalue weighted by Gasteiger charge is 2.36. The maximum atomic E-state index is 12.8. The Morgan fingerprint density at radius 1 is 1.05 bits per heavy atom. The van der Waals surface area contributed by atoms with Crippen LogP contribution in [0.15, 0.2) is 53.1 Å². The van der Waals surface area contributed by atoms with Gasteiger partial charge in [-0.05, 0) is 61.2 Å². The van der Waals surface area contributed by atoms with E-state index in [4.69, 9.17) is 9.26 Å². The summed E-state index contributed by atoms with van der Waals surface area (Å²) in [5.41, 5.74) is -0.352. The van der Waals surface area contributed by atoms with Crippen molar-refractivity contribution in [3.63, 3.8) is 0 Å². The van der Waals surface area contributed by atoms with Crippen LogP contribution in [-0.2, 0) is 11.0 Å². The number of benzene rings is 2. The van der Waals surface area contributed by atoms with E-state index in [9.17, 15) is 22.8 Å². The van der Waals surface area contributed by atoms with Crippen LogP contribution in [0.3, 0.4) is 0 Å². The largest absolute Gasteiger partial charge is 0.472 e. The van der Waals surface area contributed by atoms with Crippen molar-refractivity contribution in [1.82, 2.24) is 20.7 Å². The zero-order valence-electron chi connectivity index (χ0n) is 20.0. The average molecular weight is 517 g/mol. The Morgan fingerprint density at radius 3 is 2.57 bits per heavy atom. The highest BCUT2D eigenvalue weighted by molar-refractivity contribution is 5.96. The molecule has 11 heteroatoms. The van der Waals surface area contributed by atoms with E-state index in [-0.39, 0.29) is 30.2 Å². The molecule has 2 N–H and O–H groups in total. The number of aromatic nitrogens is 1. The minimum Gasteiger partial charge on any atom is -0.472 e. The third-order valence-electron chi connectivity index (χ3n) is 6.92. The summed E-state index contributed by atoms with van der Waals surface area (Å²) in [6, 6.07) is 12.1. The Kier molecular flexibility index (Phi) is 7.05. The van der Waals surface area contributed by atoms with Gasteiger partial charge in [0.25, 0.3) is 11.8 Å². The molecule has 0 unspecified atom stereocenters. The first kappa shape index (κ1) is 25.1. The summed E-state index contributed by atoms with van der Waals surface area (Å²) in [6.07, 6.45) is -0.686. The van der Waals surface area contributed by atoms with Gasteiger partial charge in [0.1, 0.15) is 6.10 Å². The molecule has 8 nitrogen and oxygen atoms in total. The van der Waals surface area contributed by atoms with E-state index in [1.54, 1.807) is 0 Å². The van der Waals surface area contributed by atoms with Gasteiger partial charge in [-0.25, -0.2) is 0 Å². The fourth-order valence-electron chi connectivity index (χ4n) is 4.91. The lowest BCUT2D eigenvalue weighted by atomic mass is 9.89. The summed E-state index contributed by atoms with van der Waals surface area (Å²) < 4.78 is 49.9. The van der Waals surface area contributed by atoms with Gasteiger partial charge in [0.15, 0.2) is 5.58 Å². The normalized spacial score (nSPS) is 20.8. The zero-order chi connectivity index (χ0) is 26.0. The number of nitrogens with one attached hydrogen (secondary N) is 2. The second kappa shape index (κ2) is 10.4. The van der Waals surface area contributed by atoms with E-state index in [0.29, 0.717) is 17.5 Å². The molecule has 2 fully saturated rings. The van der Waals surface area contributed by atoms with E-state index in [1.807, 2.05) is 24.3 Å². The Balaban J connectivity index is 1.01. The average Bonchev–Trinajstić information content (AvgIpc) is 3.27. The van der Waals surface area contributed by atoms with E-state index < -0.39 is 17.6 Å². The van der Waals surface area contributed by atoms with Crippen LogP contribution in [-0.4, -0.2) is 59.7 Å². The highest BCUT2D eigenvalue weighted by atomic mass is 19.4. The van der Waals surface area contributed by atoms with Gasteiger partial charge in [0.2, 0.25) is 5.91 Å². The first-order valence-electron chi connectivity index (χ1n) is 12.3. The number of amides is 2. The highest BCUT2D eigenvalue weighted by Crippen LogP contribution is 2.32. The molecule has 2 amide bonds. The van der Waals surface area contributed by atoms with Gasteiger partial charge in [0.05, 0.1) is 23.5 Å².